The van der Waals surface area contributed by atoms with Crippen molar-refractivity contribution in [1.82, 2.24) is 0 Å². The third-order valence-electron chi connectivity index (χ3n) is 12.9. The van der Waals surface area contributed by atoms with E-state index in [4.69, 9.17) is 14.2 Å². The maximum atomic E-state index is 12.8. The number of hydrogen-bond acceptors (Lipinski definition) is 6. The molecule has 0 aromatic rings. The molecule has 0 radical (unpaired) electrons. The van der Waals surface area contributed by atoms with Gasteiger partial charge in [-0.1, -0.05) is 269 Å². The van der Waals surface area contributed by atoms with Gasteiger partial charge in [0.1, 0.15) is 13.2 Å². The van der Waals surface area contributed by atoms with Gasteiger partial charge >= 0.3 is 17.9 Å². The van der Waals surface area contributed by atoms with Gasteiger partial charge in [-0.15, -0.1) is 0 Å². The summed E-state index contributed by atoms with van der Waals surface area (Å²) in [7, 11) is 0. The fourth-order valence-electron chi connectivity index (χ4n) is 8.51. The van der Waals surface area contributed by atoms with Crippen molar-refractivity contribution in [3.8, 4) is 0 Å². The molecule has 1 atom stereocenters. The van der Waals surface area contributed by atoms with Crippen molar-refractivity contribution in [1.29, 1.82) is 0 Å². The van der Waals surface area contributed by atoms with Crippen LogP contribution in [0, 0.1) is 0 Å². The summed E-state index contributed by atoms with van der Waals surface area (Å²) in [6.45, 7) is 6.63. The second kappa shape index (κ2) is 55.2. The highest BCUT2D eigenvalue weighted by molar-refractivity contribution is 5.71. The molecule has 0 spiro atoms. The number of rotatable bonds is 53. The molecule has 0 heterocycles. The first-order valence-corrected chi connectivity index (χ1v) is 29.0. The van der Waals surface area contributed by atoms with E-state index >= 15 is 0 Å². The molecule has 0 unspecified atom stereocenters. The molecular formula is C60H110O6. The van der Waals surface area contributed by atoms with Crippen molar-refractivity contribution in [2.45, 2.75) is 316 Å². The minimum atomic E-state index is -0.783. The van der Waals surface area contributed by atoms with Crippen molar-refractivity contribution in [3.05, 3.63) is 36.5 Å². The van der Waals surface area contributed by atoms with E-state index in [0.717, 1.165) is 70.6 Å². The highest BCUT2D eigenvalue weighted by Crippen LogP contribution is 2.17. The molecule has 0 bridgehead atoms. The zero-order chi connectivity index (χ0) is 47.9. The monoisotopic (exact) mass is 927 g/mol. The van der Waals surface area contributed by atoms with Gasteiger partial charge in [0.2, 0.25) is 0 Å². The van der Waals surface area contributed by atoms with Crippen molar-refractivity contribution in [2.24, 2.45) is 0 Å². The van der Waals surface area contributed by atoms with Crippen LogP contribution >= 0.6 is 0 Å². The Balaban J connectivity index is 4.37. The van der Waals surface area contributed by atoms with Gasteiger partial charge in [-0.3, -0.25) is 14.4 Å². The molecule has 0 saturated heterocycles. The standard InChI is InChI=1S/C60H110O6/c1-4-7-10-13-16-19-22-25-28-30-33-35-38-41-44-47-50-53-59(62)65-56-57(55-64-58(61)52-49-46-43-40-37-34-31-27-24-21-18-15-12-9-6-3)66-60(63)54-51-48-45-42-39-36-32-29-26-23-20-17-14-11-8-5-2/h18,21,27,31,37,40,57H,4-17,19-20,22-26,28-30,32-36,38-39,41-56H2,1-3H3/b21-18-,31-27-,40-37-/t57-/m1/s1. The lowest BCUT2D eigenvalue weighted by molar-refractivity contribution is -0.167. The molecule has 0 aromatic carbocycles. The minimum absolute atomic E-state index is 0.0791. The first-order valence-electron chi connectivity index (χ1n) is 29.0. The maximum Gasteiger partial charge on any atom is 0.306 e. The van der Waals surface area contributed by atoms with E-state index in [0.29, 0.717) is 19.3 Å². The van der Waals surface area contributed by atoms with Crippen molar-refractivity contribution >= 4 is 17.9 Å². The second-order valence-electron chi connectivity index (χ2n) is 19.6. The largest absolute Gasteiger partial charge is 0.462 e. The van der Waals surface area contributed by atoms with Gasteiger partial charge in [0.15, 0.2) is 6.10 Å². The van der Waals surface area contributed by atoms with Crippen LogP contribution in [0.3, 0.4) is 0 Å². The van der Waals surface area contributed by atoms with Gasteiger partial charge in [-0.25, -0.2) is 0 Å². The van der Waals surface area contributed by atoms with Crippen LogP contribution in [0.1, 0.15) is 310 Å². The predicted octanol–water partition coefficient (Wildman–Crippen LogP) is 19.3. The highest BCUT2D eigenvalue weighted by atomic mass is 16.6. The molecule has 66 heavy (non-hydrogen) atoms. The predicted molar refractivity (Wildman–Crippen MR) is 284 cm³/mol. The number of allylic oxidation sites excluding steroid dienone is 6. The second-order valence-corrected chi connectivity index (χ2v) is 19.6. The lowest BCUT2D eigenvalue weighted by Crippen LogP contribution is -2.30. The van der Waals surface area contributed by atoms with Crippen LogP contribution < -0.4 is 0 Å². The molecule has 0 saturated carbocycles. The Labute approximate surface area is 410 Å². The first kappa shape index (κ1) is 63.6. The summed E-state index contributed by atoms with van der Waals surface area (Å²) in [4.78, 5) is 38.1. The first-order chi connectivity index (χ1) is 32.5. The zero-order valence-electron chi connectivity index (χ0n) is 44.2. The molecule has 0 aromatic heterocycles. The Bertz CT molecular complexity index is 1110. The van der Waals surface area contributed by atoms with Crippen LogP contribution in [0.2, 0.25) is 0 Å². The van der Waals surface area contributed by atoms with Crippen LogP contribution in [0.25, 0.3) is 0 Å². The minimum Gasteiger partial charge on any atom is -0.462 e. The summed E-state index contributed by atoms with van der Waals surface area (Å²) >= 11 is 0. The van der Waals surface area contributed by atoms with Gasteiger partial charge < -0.3 is 14.2 Å². The molecule has 6 nitrogen and oxygen atoms in total. The number of unbranched alkanes of at least 4 members (excludes halogenated alkanes) is 36. The lowest BCUT2D eigenvalue weighted by atomic mass is 10.0. The molecule has 6 heteroatoms. The van der Waals surface area contributed by atoms with Crippen molar-refractivity contribution in [3.63, 3.8) is 0 Å². The number of esters is 3. The van der Waals surface area contributed by atoms with E-state index in [-0.39, 0.29) is 31.1 Å². The Morgan fingerprint density at radius 1 is 0.303 bits per heavy atom. The van der Waals surface area contributed by atoms with Gasteiger partial charge in [0.05, 0.1) is 0 Å². The van der Waals surface area contributed by atoms with Gasteiger partial charge in [0.25, 0.3) is 0 Å². The molecule has 0 amide bonds. The summed E-state index contributed by atoms with van der Waals surface area (Å²) in [5.74, 6) is -0.899. The van der Waals surface area contributed by atoms with Crippen molar-refractivity contribution < 1.29 is 28.6 Å². The maximum absolute atomic E-state index is 12.8. The summed E-state index contributed by atoms with van der Waals surface area (Å²) < 4.78 is 16.9. The molecule has 386 valence electrons. The van der Waals surface area contributed by atoms with Crippen LogP contribution in [-0.2, 0) is 28.6 Å². The normalized spacial score (nSPS) is 12.2. The summed E-state index contributed by atoms with van der Waals surface area (Å²) in [5, 5.41) is 0. The molecule has 0 rings (SSSR count). The van der Waals surface area contributed by atoms with E-state index in [1.165, 1.54) is 199 Å². The fourth-order valence-corrected chi connectivity index (χ4v) is 8.51. The number of ether oxygens (including phenoxy) is 3. The quantitative estimate of drug-likeness (QED) is 0.0262. The van der Waals surface area contributed by atoms with Crippen LogP contribution in [0.15, 0.2) is 36.5 Å². The molecule has 0 aliphatic heterocycles. The van der Waals surface area contributed by atoms with Gasteiger partial charge in [0, 0.05) is 19.3 Å². The number of hydrogen-bond donors (Lipinski definition) is 0. The topological polar surface area (TPSA) is 78.9 Å². The van der Waals surface area contributed by atoms with Crippen molar-refractivity contribution in [2.75, 3.05) is 13.2 Å². The third-order valence-corrected chi connectivity index (χ3v) is 12.9. The van der Waals surface area contributed by atoms with Gasteiger partial charge in [-0.2, -0.15) is 0 Å². The molecule has 0 aliphatic rings. The molecule has 0 N–H and O–H groups in total. The fraction of sp³-hybridized carbons (Fsp3) is 0.850. The summed E-state index contributed by atoms with van der Waals surface area (Å²) in [6.07, 6.45) is 65.6. The summed E-state index contributed by atoms with van der Waals surface area (Å²) in [5.41, 5.74) is 0. The van der Waals surface area contributed by atoms with Crippen LogP contribution in [-0.4, -0.2) is 37.2 Å². The van der Waals surface area contributed by atoms with E-state index in [1.807, 2.05) is 0 Å². The van der Waals surface area contributed by atoms with E-state index in [9.17, 15) is 14.4 Å². The average molecular weight is 928 g/mol. The zero-order valence-corrected chi connectivity index (χ0v) is 44.2. The van der Waals surface area contributed by atoms with E-state index in [1.54, 1.807) is 0 Å². The smallest absolute Gasteiger partial charge is 0.306 e. The lowest BCUT2D eigenvalue weighted by Gasteiger charge is -2.18. The Kier molecular flexibility index (Phi) is 53.2. The Morgan fingerprint density at radius 2 is 0.545 bits per heavy atom. The number of carbonyl (C=O) groups excluding carboxylic acids is 3. The molecule has 0 aliphatic carbocycles. The SMILES string of the molecule is CCCCC/C=C\C/C=C\C/C=C\CCCCC(=O)OC[C@H](COC(=O)CCCCCCCCCCCCCCCCCCC)OC(=O)CCCCCCCCCCCCCCCCCC. The van der Waals surface area contributed by atoms with Gasteiger partial charge in [-0.05, 0) is 57.8 Å². The highest BCUT2D eigenvalue weighted by Gasteiger charge is 2.19. The summed E-state index contributed by atoms with van der Waals surface area (Å²) in [6, 6.07) is 0. The van der Waals surface area contributed by atoms with E-state index < -0.39 is 6.10 Å². The number of carbonyl (C=O) groups is 3. The van der Waals surface area contributed by atoms with Crippen LogP contribution in [0.5, 0.6) is 0 Å². The van der Waals surface area contributed by atoms with E-state index in [2.05, 4.69) is 57.2 Å². The Morgan fingerprint density at radius 3 is 0.879 bits per heavy atom. The molecule has 0 fully saturated rings. The Hall–Kier alpha value is -2.37. The third kappa shape index (κ3) is 52.6. The van der Waals surface area contributed by atoms with Crippen LogP contribution in [0.4, 0.5) is 0 Å². The molecular weight excluding hydrogens is 817 g/mol. The average Bonchev–Trinajstić information content (AvgIpc) is 3.31.